The van der Waals surface area contributed by atoms with E-state index in [-0.39, 0.29) is 40.0 Å². The van der Waals surface area contributed by atoms with Crippen molar-refractivity contribution < 1.29 is 38.1 Å². The fourth-order valence-corrected chi connectivity index (χ4v) is 4.13. The van der Waals surface area contributed by atoms with E-state index in [1.165, 1.54) is 36.4 Å². The number of carbonyl (C=O) groups is 2. The fourth-order valence-electron chi connectivity index (χ4n) is 3.94. The first-order valence-corrected chi connectivity index (χ1v) is 10.3. The molecule has 2 heterocycles. The van der Waals surface area contributed by atoms with Crippen LogP contribution < -0.4 is 14.4 Å². The van der Waals surface area contributed by atoms with E-state index in [0.717, 1.165) is 23.1 Å². The molecule has 1 fully saturated rings. The van der Waals surface area contributed by atoms with Gasteiger partial charge in [-0.1, -0.05) is 17.7 Å². The van der Waals surface area contributed by atoms with Crippen molar-refractivity contribution in [3.63, 3.8) is 0 Å². The van der Waals surface area contributed by atoms with Crippen molar-refractivity contribution in [1.82, 2.24) is 0 Å². The summed E-state index contributed by atoms with van der Waals surface area (Å²) in [5.41, 5.74) is -0.00766. The maximum Gasteiger partial charge on any atom is 0.300 e. The molecule has 2 N–H and O–H groups in total. The van der Waals surface area contributed by atoms with Crippen LogP contribution in [0.5, 0.6) is 17.2 Å². The summed E-state index contributed by atoms with van der Waals surface area (Å²) in [7, 11) is 0. The lowest BCUT2D eigenvalue weighted by molar-refractivity contribution is -0.132. The average Bonchev–Trinajstić information content (AvgIpc) is 3.39. The lowest BCUT2D eigenvalue weighted by atomic mass is 9.95. The second kappa shape index (κ2) is 8.03. The third-order valence-electron chi connectivity index (χ3n) is 5.56. The van der Waals surface area contributed by atoms with Crippen LogP contribution in [0.25, 0.3) is 5.76 Å². The van der Waals surface area contributed by atoms with E-state index in [4.69, 9.17) is 21.1 Å². The van der Waals surface area contributed by atoms with Gasteiger partial charge in [-0.2, -0.15) is 0 Å². The van der Waals surface area contributed by atoms with E-state index in [2.05, 4.69) is 0 Å². The number of hydrogen-bond acceptors (Lipinski definition) is 6. The molecule has 172 valence electrons. The highest BCUT2D eigenvalue weighted by atomic mass is 35.5. The van der Waals surface area contributed by atoms with Gasteiger partial charge in [0, 0.05) is 17.3 Å². The van der Waals surface area contributed by atoms with Crippen molar-refractivity contribution >= 4 is 34.7 Å². The zero-order valence-corrected chi connectivity index (χ0v) is 17.8. The van der Waals surface area contributed by atoms with Gasteiger partial charge in [-0.05, 0) is 48.0 Å². The number of phenolic OH excluding ortho intramolecular Hbond substituents is 1. The van der Waals surface area contributed by atoms with E-state index in [1.807, 2.05) is 0 Å². The molecule has 0 aromatic heterocycles. The molecule has 3 aromatic carbocycles. The van der Waals surface area contributed by atoms with E-state index in [9.17, 15) is 28.6 Å². The number of aromatic hydroxyl groups is 1. The Balaban J connectivity index is 1.73. The predicted octanol–water partition coefficient (Wildman–Crippen LogP) is 4.68. The first-order chi connectivity index (χ1) is 16.3. The number of nitrogens with zero attached hydrogens (tertiary/aromatic N) is 1. The Labute approximate surface area is 196 Å². The molecule has 0 aliphatic carbocycles. The topological polar surface area (TPSA) is 96.3 Å². The maximum atomic E-state index is 14.0. The van der Waals surface area contributed by atoms with Gasteiger partial charge in [-0.25, -0.2) is 8.78 Å². The number of fused-ring (bicyclic) bond motifs is 1. The number of aliphatic hydroxyl groups excluding tert-OH is 1. The molecule has 2 aliphatic rings. The van der Waals surface area contributed by atoms with Crippen molar-refractivity contribution in [2.75, 3.05) is 11.7 Å². The summed E-state index contributed by atoms with van der Waals surface area (Å²) in [6, 6.07) is 9.91. The molecule has 0 spiro atoms. The van der Waals surface area contributed by atoms with Crippen LogP contribution >= 0.6 is 11.6 Å². The smallest absolute Gasteiger partial charge is 0.300 e. The van der Waals surface area contributed by atoms with Crippen molar-refractivity contribution in [3.8, 4) is 17.2 Å². The van der Waals surface area contributed by atoms with Gasteiger partial charge >= 0.3 is 0 Å². The van der Waals surface area contributed by atoms with E-state index >= 15 is 0 Å². The Morgan fingerprint density at radius 2 is 1.74 bits per heavy atom. The highest BCUT2D eigenvalue weighted by molar-refractivity contribution is 6.51. The molecule has 3 aromatic rings. The first-order valence-electron chi connectivity index (χ1n) is 9.90. The number of rotatable bonds is 3. The van der Waals surface area contributed by atoms with Crippen LogP contribution in [-0.2, 0) is 9.59 Å². The standard InChI is InChI=1S/C24H14ClF2NO6/c25-14-7-11(1-5-17(14)29)21-20(22(30)12-2-6-18-19(8-12)34-10-33-18)23(31)24(32)28(21)13-3-4-15(26)16(27)9-13/h1-9,21,29-30H,10H2/b22-20-. The van der Waals surface area contributed by atoms with Gasteiger partial charge in [0.15, 0.2) is 23.1 Å². The fraction of sp³-hybridized carbons (Fsp3) is 0.0833. The number of hydrogen-bond donors (Lipinski definition) is 2. The Kier molecular flexibility index (Phi) is 5.13. The molecule has 10 heteroatoms. The molecule has 34 heavy (non-hydrogen) atoms. The van der Waals surface area contributed by atoms with Crippen LogP contribution in [0.4, 0.5) is 14.5 Å². The summed E-state index contributed by atoms with van der Waals surface area (Å²) in [5.74, 6) is -4.45. The van der Waals surface area contributed by atoms with Gasteiger partial charge in [0.2, 0.25) is 6.79 Å². The number of aliphatic hydroxyl groups is 1. The van der Waals surface area contributed by atoms with Crippen molar-refractivity contribution in [2.45, 2.75) is 6.04 Å². The van der Waals surface area contributed by atoms with Gasteiger partial charge in [-0.15, -0.1) is 0 Å². The molecule has 1 saturated heterocycles. The summed E-state index contributed by atoms with van der Waals surface area (Å²) in [5, 5.41) is 20.9. The first kappa shape index (κ1) is 21.7. The minimum Gasteiger partial charge on any atom is -0.507 e. The highest BCUT2D eigenvalue weighted by Crippen LogP contribution is 2.44. The number of carbonyl (C=O) groups excluding carboxylic acids is 2. The van der Waals surface area contributed by atoms with Crippen LogP contribution in [0.2, 0.25) is 5.02 Å². The minimum atomic E-state index is -1.26. The van der Waals surface area contributed by atoms with Crippen LogP contribution in [0.3, 0.4) is 0 Å². The van der Waals surface area contributed by atoms with Crippen LogP contribution in [0.15, 0.2) is 60.2 Å². The molecule has 0 saturated carbocycles. The lowest BCUT2D eigenvalue weighted by Gasteiger charge is -2.25. The quantitative estimate of drug-likeness (QED) is 0.318. The third-order valence-corrected chi connectivity index (χ3v) is 5.86. The number of Topliss-reactive ketones (excluding diaryl/α,β-unsaturated/α-hetero) is 1. The molecule has 0 radical (unpaired) electrons. The number of ketones is 1. The number of anilines is 1. The second-order valence-electron chi connectivity index (χ2n) is 7.55. The highest BCUT2D eigenvalue weighted by Gasteiger charge is 2.47. The Morgan fingerprint density at radius 1 is 0.971 bits per heavy atom. The van der Waals surface area contributed by atoms with Crippen molar-refractivity contribution in [2.24, 2.45) is 0 Å². The molecule has 1 amide bonds. The lowest BCUT2D eigenvalue weighted by Crippen LogP contribution is -2.29. The Bertz CT molecular complexity index is 1410. The predicted molar refractivity (Wildman–Crippen MR) is 117 cm³/mol. The van der Waals surface area contributed by atoms with E-state index in [0.29, 0.717) is 11.5 Å². The molecule has 2 aliphatic heterocycles. The summed E-state index contributed by atoms with van der Waals surface area (Å²) >= 11 is 6.06. The summed E-state index contributed by atoms with van der Waals surface area (Å²) in [4.78, 5) is 27.1. The van der Waals surface area contributed by atoms with Gasteiger partial charge in [-0.3, -0.25) is 14.5 Å². The Hall–Kier alpha value is -4.11. The molecular formula is C24H14ClF2NO6. The average molecular weight is 486 g/mol. The molecular weight excluding hydrogens is 472 g/mol. The molecule has 5 rings (SSSR count). The van der Waals surface area contributed by atoms with Gasteiger partial charge in [0.05, 0.1) is 16.6 Å². The SMILES string of the molecule is O=C1C(=O)N(c2ccc(F)c(F)c2)C(c2ccc(O)c(Cl)c2)/C1=C(/O)c1ccc2c(c1)OCO2. The van der Waals surface area contributed by atoms with Gasteiger partial charge in [0.25, 0.3) is 11.7 Å². The van der Waals surface area contributed by atoms with E-state index in [1.54, 1.807) is 0 Å². The van der Waals surface area contributed by atoms with Crippen LogP contribution in [-0.4, -0.2) is 28.7 Å². The number of ether oxygens (including phenoxy) is 2. The number of phenols is 1. The van der Waals surface area contributed by atoms with Crippen LogP contribution in [0.1, 0.15) is 17.2 Å². The number of halogens is 3. The second-order valence-corrected chi connectivity index (χ2v) is 7.95. The molecule has 1 unspecified atom stereocenters. The van der Waals surface area contributed by atoms with E-state index < -0.39 is 35.1 Å². The van der Waals surface area contributed by atoms with Gasteiger partial charge < -0.3 is 19.7 Å². The Morgan fingerprint density at radius 3 is 2.47 bits per heavy atom. The summed E-state index contributed by atoms with van der Waals surface area (Å²) in [6.07, 6.45) is 0. The number of amides is 1. The zero-order valence-electron chi connectivity index (χ0n) is 17.1. The van der Waals surface area contributed by atoms with Crippen molar-refractivity contribution in [1.29, 1.82) is 0 Å². The van der Waals surface area contributed by atoms with Gasteiger partial charge in [0.1, 0.15) is 11.5 Å². The third kappa shape index (κ3) is 3.41. The minimum absolute atomic E-state index is 0.00786. The normalized spacial score (nSPS) is 18.6. The molecule has 0 bridgehead atoms. The largest absolute Gasteiger partial charge is 0.507 e. The maximum absolute atomic E-state index is 14.0. The number of benzene rings is 3. The molecule has 1 atom stereocenters. The van der Waals surface area contributed by atoms with Crippen molar-refractivity contribution in [3.05, 3.63) is 88.0 Å². The summed E-state index contributed by atoms with van der Waals surface area (Å²) < 4.78 is 38.1. The monoisotopic (exact) mass is 485 g/mol. The molecule has 7 nitrogen and oxygen atoms in total. The summed E-state index contributed by atoms with van der Waals surface area (Å²) in [6.45, 7) is -0.00786. The van der Waals surface area contributed by atoms with Crippen LogP contribution in [0, 0.1) is 11.6 Å². The zero-order chi connectivity index (χ0) is 24.1.